The van der Waals surface area contributed by atoms with Gasteiger partial charge in [0.15, 0.2) is 0 Å². The minimum Gasteiger partial charge on any atom is -0.294 e. The summed E-state index contributed by atoms with van der Waals surface area (Å²) in [6.07, 6.45) is 0. The van der Waals surface area contributed by atoms with Gasteiger partial charge in [0.2, 0.25) is 0 Å². The largest absolute Gasteiger partial charge is 0.294 e. The van der Waals surface area contributed by atoms with E-state index in [0.29, 0.717) is 12.1 Å². The maximum absolute atomic E-state index is 2.60. The van der Waals surface area contributed by atoms with E-state index in [1.165, 1.54) is 11.1 Å². The molecule has 3 rings (SSSR count). The fourth-order valence-electron chi connectivity index (χ4n) is 3.40. The van der Waals surface area contributed by atoms with E-state index >= 15 is 0 Å². The van der Waals surface area contributed by atoms with Gasteiger partial charge in [-0.1, -0.05) is 60.7 Å². The Bertz CT molecular complexity index is 505. The molecule has 0 unspecified atom stereocenters. The average Bonchev–Trinajstić information content (AvgIpc) is 2.62. The van der Waals surface area contributed by atoms with Gasteiger partial charge in [-0.05, 0) is 25.0 Å². The molecular weight excluding hydrogens is 268 g/mol. The second-order valence-corrected chi connectivity index (χ2v) is 6.25. The van der Waals surface area contributed by atoms with E-state index in [0.717, 1.165) is 26.2 Å². The molecule has 0 saturated carbocycles. The Balaban J connectivity index is 1.58. The van der Waals surface area contributed by atoms with Gasteiger partial charge in [0, 0.05) is 38.3 Å². The molecule has 1 fully saturated rings. The van der Waals surface area contributed by atoms with Crippen LogP contribution in [0.2, 0.25) is 0 Å². The van der Waals surface area contributed by atoms with Gasteiger partial charge in [-0.2, -0.15) is 0 Å². The summed E-state index contributed by atoms with van der Waals surface area (Å²) >= 11 is 0. The molecule has 2 aromatic carbocycles. The fourth-order valence-corrected chi connectivity index (χ4v) is 3.40. The molecule has 0 amide bonds. The van der Waals surface area contributed by atoms with Crippen LogP contribution in [-0.4, -0.2) is 36.0 Å². The zero-order valence-corrected chi connectivity index (χ0v) is 13.7. The Morgan fingerprint density at radius 2 is 0.909 bits per heavy atom. The molecule has 2 nitrogen and oxygen atoms in total. The van der Waals surface area contributed by atoms with Crippen molar-refractivity contribution in [2.24, 2.45) is 0 Å². The molecule has 0 bridgehead atoms. The Labute approximate surface area is 134 Å². The Kier molecular flexibility index (Phi) is 4.91. The van der Waals surface area contributed by atoms with Crippen LogP contribution in [0.1, 0.15) is 37.1 Å². The molecule has 22 heavy (non-hydrogen) atoms. The minimum absolute atomic E-state index is 0.510. The van der Waals surface area contributed by atoms with E-state index in [1.807, 2.05) is 0 Å². The average molecular weight is 294 g/mol. The standard InChI is InChI=1S/C20H26N2/c1-17(19-9-5-3-6-10-19)21-13-15-22(16-14-21)18(2)20-11-7-4-8-12-20/h3-12,17-18H,13-16H2,1-2H3/t17-,18-/m1/s1. The summed E-state index contributed by atoms with van der Waals surface area (Å²) in [6.45, 7) is 9.23. The molecule has 0 aromatic heterocycles. The highest BCUT2D eigenvalue weighted by Gasteiger charge is 2.25. The van der Waals surface area contributed by atoms with Crippen LogP contribution in [0, 0.1) is 0 Å². The maximum Gasteiger partial charge on any atom is 0.0320 e. The highest BCUT2D eigenvalue weighted by atomic mass is 15.3. The van der Waals surface area contributed by atoms with E-state index in [1.54, 1.807) is 0 Å². The van der Waals surface area contributed by atoms with Crippen molar-refractivity contribution in [2.45, 2.75) is 25.9 Å². The molecule has 1 aliphatic heterocycles. The first-order valence-electron chi connectivity index (χ1n) is 8.33. The lowest BCUT2D eigenvalue weighted by Gasteiger charge is -2.40. The van der Waals surface area contributed by atoms with Crippen molar-refractivity contribution in [3.63, 3.8) is 0 Å². The maximum atomic E-state index is 2.60. The smallest absolute Gasteiger partial charge is 0.0320 e. The third-order valence-electron chi connectivity index (χ3n) is 5.01. The summed E-state index contributed by atoms with van der Waals surface area (Å²) in [6, 6.07) is 22.7. The highest BCUT2D eigenvalue weighted by Crippen LogP contribution is 2.25. The summed E-state index contributed by atoms with van der Waals surface area (Å²) in [7, 11) is 0. The Hall–Kier alpha value is -1.64. The second kappa shape index (κ2) is 7.08. The van der Waals surface area contributed by atoms with Gasteiger partial charge in [-0.3, -0.25) is 9.80 Å². The van der Waals surface area contributed by atoms with Crippen LogP contribution in [-0.2, 0) is 0 Å². The van der Waals surface area contributed by atoms with Gasteiger partial charge in [0.25, 0.3) is 0 Å². The summed E-state index contributed by atoms with van der Waals surface area (Å²) in [5, 5.41) is 0. The molecular formula is C20H26N2. The lowest BCUT2D eigenvalue weighted by molar-refractivity contribution is 0.0783. The number of rotatable bonds is 4. The Morgan fingerprint density at radius 3 is 1.23 bits per heavy atom. The minimum atomic E-state index is 0.510. The van der Waals surface area contributed by atoms with Crippen molar-refractivity contribution in [2.75, 3.05) is 26.2 Å². The Morgan fingerprint density at radius 1 is 0.591 bits per heavy atom. The fraction of sp³-hybridized carbons (Fsp3) is 0.400. The van der Waals surface area contributed by atoms with Crippen molar-refractivity contribution in [3.05, 3.63) is 71.8 Å². The van der Waals surface area contributed by atoms with Crippen LogP contribution in [0.3, 0.4) is 0 Å². The molecule has 0 spiro atoms. The summed E-state index contributed by atoms with van der Waals surface area (Å²) in [4.78, 5) is 5.20. The van der Waals surface area contributed by atoms with Crippen molar-refractivity contribution in [3.8, 4) is 0 Å². The second-order valence-electron chi connectivity index (χ2n) is 6.25. The van der Waals surface area contributed by atoms with Gasteiger partial charge < -0.3 is 0 Å². The SMILES string of the molecule is C[C@H](c1ccccc1)N1CCN([C@H](C)c2ccccc2)CC1. The third-order valence-corrected chi connectivity index (χ3v) is 5.01. The highest BCUT2D eigenvalue weighted by molar-refractivity contribution is 5.20. The van der Waals surface area contributed by atoms with Crippen LogP contribution in [0.15, 0.2) is 60.7 Å². The van der Waals surface area contributed by atoms with Gasteiger partial charge in [-0.15, -0.1) is 0 Å². The molecule has 1 heterocycles. The predicted octanol–water partition coefficient (Wildman–Crippen LogP) is 4.13. The first-order chi connectivity index (χ1) is 10.8. The normalized spacial score (nSPS) is 19.7. The van der Waals surface area contributed by atoms with Gasteiger partial charge in [0.1, 0.15) is 0 Å². The number of hydrogen-bond acceptors (Lipinski definition) is 2. The third kappa shape index (κ3) is 3.40. The van der Waals surface area contributed by atoms with Crippen LogP contribution >= 0.6 is 0 Å². The lowest BCUT2D eigenvalue weighted by Crippen LogP contribution is -2.47. The lowest BCUT2D eigenvalue weighted by atomic mass is 10.0. The van der Waals surface area contributed by atoms with Crippen molar-refractivity contribution in [1.82, 2.24) is 9.80 Å². The number of nitrogens with zero attached hydrogens (tertiary/aromatic N) is 2. The zero-order valence-electron chi connectivity index (χ0n) is 13.7. The van der Waals surface area contributed by atoms with E-state index in [9.17, 15) is 0 Å². The molecule has 116 valence electrons. The van der Waals surface area contributed by atoms with Crippen LogP contribution < -0.4 is 0 Å². The van der Waals surface area contributed by atoms with Gasteiger partial charge in [0.05, 0.1) is 0 Å². The molecule has 2 atom stereocenters. The molecule has 0 aliphatic carbocycles. The quantitative estimate of drug-likeness (QED) is 0.836. The van der Waals surface area contributed by atoms with E-state index < -0.39 is 0 Å². The predicted molar refractivity (Wildman–Crippen MR) is 92.9 cm³/mol. The van der Waals surface area contributed by atoms with E-state index in [-0.39, 0.29) is 0 Å². The molecule has 0 radical (unpaired) electrons. The van der Waals surface area contributed by atoms with Crippen molar-refractivity contribution < 1.29 is 0 Å². The van der Waals surface area contributed by atoms with E-state index in [2.05, 4.69) is 84.3 Å². The molecule has 1 aliphatic rings. The molecule has 0 N–H and O–H groups in total. The first kappa shape index (κ1) is 15.3. The topological polar surface area (TPSA) is 6.48 Å². The first-order valence-corrected chi connectivity index (χ1v) is 8.33. The van der Waals surface area contributed by atoms with Crippen LogP contribution in [0.25, 0.3) is 0 Å². The monoisotopic (exact) mass is 294 g/mol. The summed E-state index contributed by atoms with van der Waals surface area (Å²) < 4.78 is 0. The summed E-state index contributed by atoms with van der Waals surface area (Å²) in [5.41, 5.74) is 2.85. The number of piperazine rings is 1. The van der Waals surface area contributed by atoms with Crippen molar-refractivity contribution >= 4 is 0 Å². The molecule has 2 heteroatoms. The number of benzene rings is 2. The van der Waals surface area contributed by atoms with Crippen LogP contribution in [0.5, 0.6) is 0 Å². The molecule has 1 saturated heterocycles. The summed E-state index contributed by atoms with van der Waals surface area (Å²) in [5.74, 6) is 0. The van der Waals surface area contributed by atoms with Gasteiger partial charge >= 0.3 is 0 Å². The van der Waals surface area contributed by atoms with Crippen LogP contribution in [0.4, 0.5) is 0 Å². The zero-order chi connectivity index (χ0) is 15.4. The van der Waals surface area contributed by atoms with E-state index in [4.69, 9.17) is 0 Å². The van der Waals surface area contributed by atoms with Crippen molar-refractivity contribution in [1.29, 1.82) is 0 Å². The van der Waals surface area contributed by atoms with Gasteiger partial charge in [-0.25, -0.2) is 0 Å². The molecule has 2 aromatic rings. The number of hydrogen-bond donors (Lipinski definition) is 0.